The fourth-order valence-electron chi connectivity index (χ4n) is 5.92. The minimum Gasteiger partial charge on any atom is -0.347 e. The standard InChI is InChI=1S/C29H30F5N3O4S/c30-23-14-20(29(32,33)34)8-11-22(23)25(17-6-7-17)35-26(38)24-5-2-12-37(24)27(39)18-3-1-4-19(13-18)28(31)15-36(16-28)42(40,41)21-9-10-21/h1,3-4,8,11,13-14,17,21,24-25H,2,5-7,9-10,12,15-16H2,(H,35,38)/t24-,25?/m1/s1. The van der Waals surface area contributed by atoms with Crippen molar-refractivity contribution in [1.29, 1.82) is 0 Å². The molecule has 4 aliphatic rings. The van der Waals surface area contributed by atoms with Gasteiger partial charge in [0.15, 0.2) is 5.67 Å². The van der Waals surface area contributed by atoms with Gasteiger partial charge in [-0.1, -0.05) is 18.2 Å². The van der Waals surface area contributed by atoms with Gasteiger partial charge in [0, 0.05) is 17.7 Å². The van der Waals surface area contributed by atoms with Gasteiger partial charge < -0.3 is 10.2 Å². The third-order valence-corrected chi connectivity index (χ3v) is 10.9. The predicted octanol–water partition coefficient (Wildman–Crippen LogP) is 4.69. The number of likely N-dealkylation sites (tertiary alicyclic amines) is 1. The van der Waals surface area contributed by atoms with Crippen LogP contribution < -0.4 is 5.32 Å². The van der Waals surface area contributed by atoms with Gasteiger partial charge in [-0.2, -0.15) is 17.5 Å². The normalized spacial score (nSPS) is 23.4. The number of amides is 2. The lowest BCUT2D eigenvalue weighted by molar-refractivity contribution is -0.137. The molecule has 0 spiro atoms. The first-order valence-corrected chi connectivity index (χ1v) is 15.5. The summed E-state index contributed by atoms with van der Waals surface area (Å²) in [5, 5.41) is 2.34. The molecule has 42 heavy (non-hydrogen) atoms. The molecule has 2 aliphatic carbocycles. The number of nitrogens with zero attached hydrogens (tertiary/aromatic N) is 2. The first-order chi connectivity index (χ1) is 19.8. The van der Waals surface area contributed by atoms with Gasteiger partial charge in [-0.3, -0.25) is 9.59 Å². The SMILES string of the molecule is O=C(NC(c1ccc(C(F)(F)F)cc1F)C1CC1)[C@H]1CCCN1C(=O)c1cccc(C2(F)CN(S(=O)(=O)C3CC3)C2)c1. The minimum atomic E-state index is -4.70. The Balaban J connectivity index is 1.16. The molecule has 2 aromatic carbocycles. The second-order valence-electron chi connectivity index (χ2n) is 11.8. The van der Waals surface area contributed by atoms with E-state index in [-0.39, 0.29) is 42.2 Å². The molecule has 13 heteroatoms. The monoisotopic (exact) mass is 611 g/mol. The van der Waals surface area contributed by atoms with Crippen LogP contribution in [0.1, 0.15) is 71.6 Å². The van der Waals surface area contributed by atoms with Gasteiger partial charge in [0.2, 0.25) is 15.9 Å². The molecule has 2 saturated heterocycles. The number of nitrogens with one attached hydrogen (secondary N) is 1. The highest BCUT2D eigenvalue weighted by atomic mass is 32.2. The van der Waals surface area contributed by atoms with Crippen LogP contribution in [0.15, 0.2) is 42.5 Å². The molecule has 2 saturated carbocycles. The lowest BCUT2D eigenvalue weighted by atomic mass is 9.89. The first kappa shape index (κ1) is 29.0. The van der Waals surface area contributed by atoms with Crippen LogP contribution in [0.2, 0.25) is 0 Å². The average Bonchev–Trinajstić information content (AvgIpc) is 3.86. The van der Waals surface area contributed by atoms with Gasteiger partial charge >= 0.3 is 6.18 Å². The van der Waals surface area contributed by atoms with E-state index in [0.717, 1.165) is 16.4 Å². The molecule has 2 atom stereocenters. The van der Waals surface area contributed by atoms with E-state index < -0.39 is 62.4 Å². The van der Waals surface area contributed by atoms with Crippen LogP contribution in [0.5, 0.6) is 0 Å². The van der Waals surface area contributed by atoms with Crippen LogP contribution in [0.25, 0.3) is 0 Å². The van der Waals surface area contributed by atoms with Crippen LogP contribution in [-0.4, -0.2) is 60.4 Å². The zero-order valence-electron chi connectivity index (χ0n) is 22.5. The zero-order valence-corrected chi connectivity index (χ0v) is 23.4. The van der Waals surface area contributed by atoms with Crippen molar-refractivity contribution < 1.29 is 40.0 Å². The summed E-state index contributed by atoms with van der Waals surface area (Å²) in [7, 11) is -3.51. The molecule has 0 bridgehead atoms. The van der Waals surface area contributed by atoms with Crippen LogP contribution in [0.4, 0.5) is 22.0 Å². The molecule has 2 amide bonds. The molecule has 0 radical (unpaired) electrons. The molecule has 2 aliphatic heterocycles. The number of alkyl halides is 4. The fraction of sp³-hybridized carbons (Fsp3) is 0.517. The van der Waals surface area contributed by atoms with Crippen molar-refractivity contribution >= 4 is 21.8 Å². The maximum absolute atomic E-state index is 15.6. The third kappa shape index (κ3) is 5.41. The molecular weight excluding hydrogens is 581 g/mol. The summed E-state index contributed by atoms with van der Waals surface area (Å²) < 4.78 is 95.5. The number of halogens is 5. The summed E-state index contributed by atoms with van der Waals surface area (Å²) in [6.45, 7) is -0.374. The topological polar surface area (TPSA) is 86.8 Å². The van der Waals surface area contributed by atoms with E-state index in [1.54, 1.807) is 0 Å². The Morgan fingerprint density at radius 3 is 2.33 bits per heavy atom. The number of sulfonamides is 1. The highest BCUT2D eigenvalue weighted by Gasteiger charge is 2.54. The van der Waals surface area contributed by atoms with Crippen molar-refractivity contribution in [3.05, 3.63) is 70.5 Å². The van der Waals surface area contributed by atoms with Crippen LogP contribution in [-0.2, 0) is 26.7 Å². The second kappa shape index (κ2) is 10.3. The van der Waals surface area contributed by atoms with E-state index in [0.29, 0.717) is 44.6 Å². The van der Waals surface area contributed by atoms with Crippen LogP contribution in [0.3, 0.4) is 0 Å². The van der Waals surface area contributed by atoms with Gasteiger partial charge in [-0.05, 0) is 74.3 Å². The summed E-state index contributed by atoms with van der Waals surface area (Å²) >= 11 is 0. The Morgan fingerprint density at radius 2 is 1.71 bits per heavy atom. The predicted molar refractivity (Wildman–Crippen MR) is 142 cm³/mol. The highest BCUT2D eigenvalue weighted by molar-refractivity contribution is 7.90. The molecule has 1 N–H and O–H groups in total. The van der Waals surface area contributed by atoms with Crippen LogP contribution >= 0.6 is 0 Å². The largest absolute Gasteiger partial charge is 0.416 e. The van der Waals surface area contributed by atoms with Gasteiger partial charge in [-0.25, -0.2) is 17.2 Å². The fourth-order valence-corrected chi connectivity index (χ4v) is 7.84. The molecule has 6 rings (SSSR count). The van der Waals surface area contributed by atoms with E-state index in [4.69, 9.17) is 0 Å². The summed E-state index contributed by atoms with van der Waals surface area (Å²) in [5.74, 6) is -2.22. The van der Waals surface area contributed by atoms with Gasteiger partial charge in [0.05, 0.1) is 29.9 Å². The Labute approximate surface area is 240 Å². The number of benzene rings is 2. The Kier molecular flexibility index (Phi) is 7.11. The molecule has 1 unspecified atom stereocenters. The van der Waals surface area contributed by atoms with E-state index in [9.17, 15) is 35.6 Å². The maximum atomic E-state index is 15.6. The van der Waals surface area contributed by atoms with E-state index in [1.165, 1.54) is 29.2 Å². The van der Waals surface area contributed by atoms with Crippen molar-refractivity contribution in [3.8, 4) is 0 Å². The molecule has 0 aromatic heterocycles. The Bertz CT molecular complexity index is 1520. The van der Waals surface area contributed by atoms with Gasteiger partial charge in [0.25, 0.3) is 5.91 Å². The number of carbonyl (C=O) groups is 2. The average molecular weight is 612 g/mol. The summed E-state index contributed by atoms with van der Waals surface area (Å²) in [6, 6.07) is 6.46. The number of hydrogen-bond acceptors (Lipinski definition) is 4. The smallest absolute Gasteiger partial charge is 0.347 e. The Hall–Kier alpha value is -3.06. The molecule has 7 nitrogen and oxygen atoms in total. The molecule has 2 aromatic rings. The molecule has 226 valence electrons. The lowest BCUT2D eigenvalue weighted by Gasteiger charge is -2.43. The van der Waals surface area contributed by atoms with Crippen molar-refractivity contribution in [1.82, 2.24) is 14.5 Å². The Morgan fingerprint density at radius 1 is 1.00 bits per heavy atom. The second-order valence-corrected chi connectivity index (χ2v) is 14.0. The zero-order chi connectivity index (χ0) is 30.0. The van der Waals surface area contributed by atoms with Crippen molar-refractivity contribution in [3.63, 3.8) is 0 Å². The van der Waals surface area contributed by atoms with E-state index >= 15 is 4.39 Å². The van der Waals surface area contributed by atoms with Crippen molar-refractivity contribution in [2.45, 2.75) is 67.7 Å². The van der Waals surface area contributed by atoms with E-state index in [1.807, 2.05) is 0 Å². The number of rotatable bonds is 8. The molecule has 2 heterocycles. The summed E-state index contributed by atoms with van der Waals surface area (Å²) in [4.78, 5) is 28.3. The van der Waals surface area contributed by atoms with Gasteiger partial charge in [-0.15, -0.1) is 0 Å². The minimum absolute atomic E-state index is 0.0334. The number of hydrogen-bond donors (Lipinski definition) is 1. The van der Waals surface area contributed by atoms with Crippen LogP contribution in [0, 0.1) is 11.7 Å². The van der Waals surface area contributed by atoms with E-state index in [2.05, 4.69) is 5.32 Å². The molecule has 4 fully saturated rings. The number of carbonyl (C=O) groups excluding carboxylic acids is 2. The lowest BCUT2D eigenvalue weighted by Crippen LogP contribution is -2.59. The first-order valence-electron chi connectivity index (χ1n) is 14.0. The summed E-state index contributed by atoms with van der Waals surface area (Å²) in [5.41, 5.74) is -2.74. The maximum Gasteiger partial charge on any atom is 0.416 e. The van der Waals surface area contributed by atoms with Crippen molar-refractivity contribution in [2.75, 3.05) is 19.6 Å². The molecular formula is C29H30F5N3O4S. The van der Waals surface area contributed by atoms with Crippen molar-refractivity contribution in [2.24, 2.45) is 5.92 Å². The quantitative estimate of drug-likeness (QED) is 0.439. The third-order valence-electron chi connectivity index (χ3n) is 8.66. The summed E-state index contributed by atoms with van der Waals surface area (Å²) in [6.07, 6.45) is -1.33. The highest BCUT2D eigenvalue weighted by Crippen LogP contribution is 2.44. The van der Waals surface area contributed by atoms with Gasteiger partial charge in [0.1, 0.15) is 11.9 Å².